The van der Waals surface area contributed by atoms with Gasteiger partial charge >= 0.3 is 0 Å². The van der Waals surface area contributed by atoms with Crippen molar-refractivity contribution in [2.24, 2.45) is 7.05 Å². The summed E-state index contributed by atoms with van der Waals surface area (Å²) in [6, 6.07) is 15.7. The Bertz CT molecular complexity index is 1020. The highest BCUT2D eigenvalue weighted by molar-refractivity contribution is 5.99. The molecule has 0 unspecified atom stereocenters. The average molecular weight is 347 g/mol. The van der Waals surface area contributed by atoms with Gasteiger partial charge in [0.15, 0.2) is 0 Å². The highest BCUT2D eigenvalue weighted by Gasteiger charge is 2.19. The number of hydrogen-bond donors (Lipinski definition) is 2. The van der Waals surface area contributed by atoms with Gasteiger partial charge in [0.25, 0.3) is 5.91 Å². The van der Waals surface area contributed by atoms with Crippen LogP contribution in [-0.4, -0.2) is 16.4 Å². The SMILES string of the molecule is C[C@H](NC(=O)c1cc2ccccc2n1C)c1ccc2c(c1)CCC(=O)N2. The molecule has 1 atom stereocenters. The number of aromatic nitrogens is 1. The highest BCUT2D eigenvalue weighted by atomic mass is 16.2. The Kier molecular flexibility index (Phi) is 3.99. The number of aryl methyl sites for hydroxylation is 2. The summed E-state index contributed by atoms with van der Waals surface area (Å²) >= 11 is 0. The van der Waals surface area contributed by atoms with Crippen LogP contribution in [0.25, 0.3) is 10.9 Å². The Balaban J connectivity index is 1.55. The molecule has 1 aliphatic heterocycles. The number of carbonyl (C=O) groups is 2. The van der Waals surface area contributed by atoms with E-state index in [-0.39, 0.29) is 17.9 Å². The van der Waals surface area contributed by atoms with Crippen molar-refractivity contribution in [2.45, 2.75) is 25.8 Å². The first-order chi connectivity index (χ1) is 12.5. The van der Waals surface area contributed by atoms with Gasteiger partial charge in [0, 0.05) is 30.1 Å². The monoisotopic (exact) mass is 347 g/mol. The van der Waals surface area contributed by atoms with Crippen LogP contribution in [0.15, 0.2) is 48.5 Å². The van der Waals surface area contributed by atoms with Gasteiger partial charge < -0.3 is 15.2 Å². The molecule has 2 aromatic carbocycles. The van der Waals surface area contributed by atoms with Gasteiger partial charge in [-0.15, -0.1) is 0 Å². The molecule has 5 nitrogen and oxygen atoms in total. The molecule has 1 aromatic heterocycles. The molecule has 5 heteroatoms. The lowest BCUT2D eigenvalue weighted by Gasteiger charge is -2.20. The van der Waals surface area contributed by atoms with Gasteiger partial charge in [-0.05, 0) is 42.7 Å². The number of carbonyl (C=O) groups excluding carboxylic acids is 2. The van der Waals surface area contributed by atoms with Crippen molar-refractivity contribution in [3.05, 3.63) is 65.4 Å². The number of benzene rings is 2. The predicted molar refractivity (Wildman–Crippen MR) is 102 cm³/mol. The van der Waals surface area contributed by atoms with Gasteiger partial charge in [0.05, 0.1) is 6.04 Å². The molecule has 0 saturated heterocycles. The van der Waals surface area contributed by atoms with E-state index >= 15 is 0 Å². The molecule has 2 heterocycles. The number of hydrogen-bond acceptors (Lipinski definition) is 2. The first kappa shape index (κ1) is 16.4. The first-order valence-corrected chi connectivity index (χ1v) is 8.81. The molecule has 3 aromatic rings. The summed E-state index contributed by atoms with van der Waals surface area (Å²) in [4.78, 5) is 24.2. The van der Waals surface area contributed by atoms with Crippen molar-refractivity contribution < 1.29 is 9.59 Å². The molecule has 0 radical (unpaired) electrons. The fraction of sp³-hybridized carbons (Fsp3) is 0.238. The molecule has 2 N–H and O–H groups in total. The largest absolute Gasteiger partial charge is 0.344 e. The summed E-state index contributed by atoms with van der Waals surface area (Å²) in [5.41, 5.74) is 4.70. The van der Waals surface area contributed by atoms with Crippen LogP contribution < -0.4 is 10.6 Å². The second-order valence-corrected chi connectivity index (χ2v) is 6.81. The minimum Gasteiger partial charge on any atom is -0.344 e. The smallest absolute Gasteiger partial charge is 0.268 e. The maximum Gasteiger partial charge on any atom is 0.268 e. The van der Waals surface area contributed by atoms with Gasteiger partial charge in [0.1, 0.15) is 5.69 Å². The van der Waals surface area contributed by atoms with Crippen molar-refractivity contribution in [1.29, 1.82) is 0 Å². The zero-order chi connectivity index (χ0) is 18.3. The van der Waals surface area contributed by atoms with Gasteiger partial charge in [-0.3, -0.25) is 9.59 Å². The normalized spacial score (nSPS) is 14.6. The van der Waals surface area contributed by atoms with Gasteiger partial charge in [-0.25, -0.2) is 0 Å². The van der Waals surface area contributed by atoms with Gasteiger partial charge in [-0.1, -0.05) is 30.3 Å². The maximum atomic E-state index is 12.8. The van der Waals surface area contributed by atoms with E-state index in [0.717, 1.165) is 34.1 Å². The van der Waals surface area contributed by atoms with Crippen LogP contribution in [0.5, 0.6) is 0 Å². The summed E-state index contributed by atoms with van der Waals surface area (Å²) in [5.74, 6) is -0.0374. The number of nitrogens with one attached hydrogen (secondary N) is 2. The van der Waals surface area contributed by atoms with E-state index < -0.39 is 0 Å². The lowest BCUT2D eigenvalue weighted by atomic mass is 9.98. The van der Waals surface area contributed by atoms with Gasteiger partial charge in [-0.2, -0.15) is 0 Å². The fourth-order valence-electron chi connectivity index (χ4n) is 3.53. The number of nitrogens with zero attached hydrogens (tertiary/aromatic N) is 1. The first-order valence-electron chi connectivity index (χ1n) is 8.81. The summed E-state index contributed by atoms with van der Waals surface area (Å²) in [6.45, 7) is 1.98. The van der Waals surface area contributed by atoms with Crippen LogP contribution in [-0.2, 0) is 18.3 Å². The summed E-state index contributed by atoms with van der Waals surface area (Å²) < 4.78 is 1.92. The molecule has 4 rings (SSSR count). The maximum absolute atomic E-state index is 12.8. The standard InChI is InChI=1S/C21H21N3O2/c1-13(14-7-9-17-15(11-14)8-10-20(25)23-17)22-21(26)19-12-16-5-3-4-6-18(16)24(19)2/h3-7,9,11-13H,8,10H2,1-2H3,(H,22,26)(H,23,25)/t13-/m0/s1. The van der Waals surface area contributed by atoms with Crippen LogP contribution in [0.1, 0.15) is 41.0 Å². The Morgan fingerprint density at radius 2 is 1.96 bits per heavy atom. The molecular weight excluding hydrogens is 326 g/mol. The van der Waals surface area contributed by atoms with Crippen LogP contribution in [0.3, 0.4) is 0 Å². The molecule has 26 heavy (non-hydrogen) atoms. The minimum absolute atomic E-state index is 0.0578. The summed E-state index contributed by atoms with van der Waals surface area (Å²) in [6.07, 6.45) is 1.24. The van der Waals surface area contributed by atoms with E-state index in [1.807, 2.05) is 61.0 Å². The number of fused-ring (bicyclic) bond motifs is 2. The summed E-state index contributed by atoms with van der Waals surface area (Å²) in [7, 11) is 1.91. The van der Waals surface area contributed by atoms with E-state index in [4.69, 9.17) is 0 Å². The Morgan fingerprint density at radius 3 is 2.77 bits per heavy atom. The second kappa shape index (κ2) is 6.33. The molecule has 1 aliphatic rings. The zero-order valence-electron chi connectivity index (χ0n) is 14.9. The van der Waals surface area contributed by atoms with E-state index in [9.17, 15) is 9.59 Å². The van der Waals surface area contributed by atoms with E-state index in [2.05, 4.69) is 16.7 Å². The van der Waals surface area contributed by atoms with Crippen molar-refractivity contribution in [3.63, 3.8) is 0 Å². The average Bonchev–Trinajstić information content (AvgIpc) is 2.98. The molecule has 0 bridgehead atoms. The highest BCUT2D eigenvalue weighted by Crippen LogP contribution is 2.26. The predicted octanol–water partition coefficient (Wildman–Crippen LogP) is 3.55. The summed E-state index contributed by atoms with van der Waals surface area (Å²) in [5, 5.41) is 7.02. The lowest BCUT2D eigenvalue weighted by Crippen LogP contribution is -2.28. The topological polar surface area (TPSA) is 63.1 Å². The third kappa shape index (κ3) is 2.86. The van der Waals surface area contributed by atoms with Crippen LogP contribution >= 0.6 is 0 Å². The quantitative estimate of drug-likeness (QED) is 0.761. The Hall–Kier alpha value is -3.08. The zero-order valence-corrected chi connectivity index (χ0v) is 14.9. The fourth-order valence-corrected chi connectivity index (χ4v) is 3.53. The van der Waals surface area contributed by atoms with Crippen molar-refractivity contribution in [3.8, 4) is 0 Å². The minimum atomic E-state index is -0.122. The van der Waals surface area contributed by atoms with Crippen LogP contribution in [0, 0.1) is 0 Å². The molecule has 132 valence electrons. The van der Waals surface area contributed by atoms with Gasteiger partial charge in [0.2, 0.25) is 5.91 Å². The molecule has 0 spiro atoms. The van der Waals surface area contributed by atoms with E-state index in [0.29, 0.717) is 12.1 Å². The number of rotatable bonds is 3. The lowest BCUT2D eigenvalue weighted by molar-refractivity contribution is -0.116. The Morgan fingerprint density at radius 1 is 1.15 bits per heavy atom. The molecule has 0 aliphatic carbocycles. The number of anilines is 1. The Labute approximate surface area is 152 Å². The van der Waals surface area contributed by atoms with E-state index in [1.165, 1.54) is 0 Å². The third-order valence-corrected chi connectivity index (χ3v) is 5.06. The molecule has 0 saturated carbocycles. The second-order valence-electron chi connectivity index (χ2n) is 6.81. The molecule has 2 amide bonds. The molecular formula is C21H21N3O2. The third-order valence-electron chi connectivity index (χ3n) is 5.06. The van der Waals surface area contributed by atoms with Crippen molar-refractivity contribution in [2.75, 3.05) is 5.32 Å². The van der Waals surface area contributed by atoms with Crippen LogP contribution in [0.2, 0.25) is 0 Å². The van der Waals surface area contributed by atoms with E-state index in [1.54, 1.807) is 0 Å². The van der Waals surface area contributed by atoms with Crippen LogP contribution in [0.4, 0.5) is 5.69 Å². The van der Waals surface area contributed by atoms with Crippen molar-refractivity contribution in [1.82, 2.24) is 9.88 Å². The van der Waals surface area contributed by atoms with Crippen molar-refractivity contribution >= 4 is 28.4 Å². The molecule has 0 fully saturated rings. The number of amides is 2. The number of para-hydroxylation sites is 1.